The average Bonchev–Trinajstić information content (AvgIpc) is 3.22. The number of nitrogens with one attached hydrogen (secondary N) is 2. The predicted octanol–water partition coefficient (Wildman–Crippen LogP) is -9.57. The Bertz CT molecular complexity index is 1130. The van der Waals surface area contributed by atoms with E-state index in [0.717, 1.165) is 16.2 Å². The van der Waals surface area contributed by atoms with E-state index in [0.29, 0.717) is 17.2 Å². The number of hydrogen-bond donors (Lipinski definition) is 3. The molecule has 3 rings (SSSR count). The number of hydrogen-bond acceptors (Lipinski definition) is 14. The van der Waals surface area contributed by atoms with Crippen molar-refractivity contribution in [3.8, 4) is 0 Å². The van der Waals surface area contributed by atoms with Crippen molar-refractivity contribution in [3.05, 3.63) is 21.7 Å². The quantitative estimate of drug-likeness (QED) is 0.0721. The van der Waals surface area contributed by atoms with Crippen molar-refractivity contribution in [2.45, 2.75) is 18.3 Å². The van der Waals surface area contributed by atoms with Crippen molar-refractivity contribution in [1.82, 2.24) is 20.5 Å². The smallest absolute Gasteiger partial charge is 0.546 e. The van der Waals surface area contributed by atoms with E-state index in [9.17, 15) is 34.2 Å². The van der Waals surface area contributed by atoms with Gasteiger partial charge in [0.15, 0.2) is 17.5 Å². The van der Waals surface area contributed by atoms with E-state index in [1.165, 1.54) is 35.8 Å². The summed E-state index contributed by atoms with van der Waals surface area (Å²) in [5.74, 6) is -4.27. The molecule has 4 N–H and O–H groups in total. The van der Waals surface area contributed by atoms with Crippen LogP contribution in [0.2, 0.25) is 0 Å². The second-order valence-electron chi connectivity index (χ2n) is 6.91. The number of aliphatic carboxylic acids is 2. The van der Waals surface area contributed by atoms with Crippen molar-refractivity contribution >= 4 is 75.4 Å². The van der Waals surface area contributed by atoms with Crippen LogP contribution in [0.3, 0.4) is 0 Å². The third-order valence-electron chi connectivity index (χ3n) is 4.48. The van der Waals surface area contributed by atoms with Gasteiger partial charge in [-0.25, -0.2) is 4.98 Å². The molecule has 1 aromatic heterocycles. The Kier molecular flexibility index (Phi) is 14.0. The molecule has 0 bridgehead atoms. The molecule has 0 spiro atoms. The molecule has 1 saturated heterocycles. The molecule has 14 nitrogen and oxygen atoms in total. The summed E-state index contributed by atoms with van der Waals surface area (Å²) in [6.07, 6.45) is 0. The van der Waals surface area contributed by atoms with E-state index < -0.39 is 47.5 Å². The molecule has 2 aliphatic rings. The van der Waals surface area contributed by atoms with Gasteiger partial charge in [0.1, 0.15) is 17.1 Å². The van der Waals surface area contributed by atoms with Gasteiger partial charge < -0.3 is 41.0 Å². The van der Waals surface area contributed by atoms with Crippen molar-refractivity contribution in [1.29, 1.82) is 0 Å². The number of nitrogens with zero attached hydrogens (tertiary/aromatic N) is 3. The molecule has 0 radical (unpaired) electrons. The van der Waals surface area contributed by atoms with E-state index in [1.54, 1.807) is 0 Å². The van der Waals surface area contributed by atoms with Gasteiger partial charge in [-0.1, -0.05) is 5.16 Å². The number of thioether (sulfide) groups is 2. The Morgan fingerprint density at radius 3 is 2.59 bits per heavy atom. The first-order valence-electron chi connectivity index (χ1n) is 9.78. The number of β-lactam (4-membered cyclic amide) rings is 1. The third-order valence-corrected chi connectivity index (χ3v) is 7.71. The van der Waals surface area contributed by atoms with Gasteiger partial charge in [0.05, 0.1) is 17.6 Å². The summed E-state index contributed by atoms with van der Waals surface area (Å²) in [6.45, 7) is 0.751. The van der Waals surface area contributed by atoms with E-state index in [2.05, 4.69) is 25.6 Å². The number of anilines is 1. The first-order chi connectivity index (χ1) is 16.6. The maximum absolute atomic E-state index is 12.8. The number of aromatic nitrogens is 1. The predicted molar refractivity (Wildman–Crippen MR) is 122 cm³/mol. The van der Waals surface area contributed by atoms with E-state index in [1.807, 2.05) is 0 Å². The fourth-order valence-electron chi connectivity index (χ4n) is 3.05. The number of fused-ring (bicyclic) bond motifs is 1. The molecule has 37 heavy (non-hydrogen) atoms. The summed E-state index contributed by atoms with van der Waals surface area (Å²) in [7, 11) is 0. The second kappa shape index (κ2) is 15.3. The molecule has 0 aliphatic carbocycles. The summed E-state index contributed by atoms with van der Waals surface area (Å²) >= 11 is 3.42. The SMILES string of the molecule is CC(=O)NCCSC1=C(C(=O)[O-])N2C(=O)[C@@H](NC(=O)/C(=N\OCC(=O)[O-])c3csc(N)n3)[C@@H]2SC1.[Na+].[Na+]. The van der Waals surface area contributed by atoms with Crippen molar-refractivity contribution in [2.24, 2.45) is 5.16 Å². The van der Waals surface area contributed by atoms with Crippen LogP contribution in [0, 0.1) is 0 Å². The standard InChI is InChI=1S/C18H20N6O8S3.2Na/c1-7(25)20-2-3-33-9-6-34-16-12(15(29)24(16)13(9)17(30)31)22-14(28)11(23-32-4-10(26)27)8-5-35-18(19)21-8;;/h5,12,16H,2-4,6H2,1H3,(H2,19,21)(H,20,25)(H,22,28)(H,26,27)(H,30,31);;/q;2*+1/p-2/b23-11-;;/t12-,16+;;/m1../s1. The van der Waals surface area contributed by atoms with Crippen LogP contribution in [0.4, 0.5) is 5.13 Å². The minimum atomic E-state index is -1.57. The van der Waals surface area contributed by atoms with Gasteiger partial charge in [0, 0.05) is 35.3 Å². The fourth-order valence-corrected chi connectivity index (χ4v) is 6.10. The summed E-state index contributed by atoms with van der Waals surface area (Å²) in [5, 5.41) is 31.7. The number of carboxylic acid groups (broad SMARTS) is 2. The van der Waals surface area contributed by atoms with Crippen molar-refractivity contribution in [2.75, 3.05) is 30.4 Å². The number of rotatable bonds is 11. The molecule has 3 heterocycles. The van der Waals surface area contributed by atoms with Gasteiger partial charge in [0.2, 0.25) is 5.91 Å². The first-order valence-corrected chi connectivity index (χ1v) is 12.7. The largest absolute Gasteiger partial charge is 1.00 e. The number of carbonyl (C=O) groups excluding carboxylic acids is 5. The van der Waals surface area contributed by atoms with Gasteiger partial charge in [-0.15, -0.1) is 34.9 Å². The van der Waals surface area contributed by atoms with Gasteiger partial charge >= 0.3 is 59.1 Å². The first kappa shape index (κ1) is 33.7. The third kappa shape index (κ3) is 8.59. The van der Waals surface area contributed by atoms with Gasteiger partial charge in [0.25, 0.3) is 11.8 Å². The molecule has 1 fully saturated rings. The molecule has 3 amide bonds. The van der Waals surface area contributed by atoms with Crippen LogP contribution in [0.1, 0.15) is 12.6 Å². The van der Waals surface area contributed by atoms with Crippen molar-refractivity contribution < 1.29 is 98.1 Å². The number of nitrogens with two attached hydrogens (primary N) is 1. The van der Waals surface area contributed by atoms with Crippen LogP contribution >= 0.6 is 34.9 Å². The number of thiazole rings is 1. The van der Waals surface area contributed by atoms with Crippen LogP contribution in [0.5, 0.6) is 0 Å². The molecule has 0 unspecified atom stereocenters. The van der Waals surface area contributed by atoms with Crippen LogP contribution < -0.4 is 85.7 Å². The summed E-state index contributed by atoms with van der Waals surface area (Å²) in [4.78, 5) is 68.9. The molecule has 19 heteroatoms. The van der Waals surface area contributed by atoms with Crippen LogP contribution in [0.25, 0.3) is 0 Å². The molecule has 0 aromatic carbocycles. The average molecular weight is 589 g/mol. The molecule has 1 aromatic rings. The normalized spacial score (nSPS) is 18.5. The van der Waals surface area contributed by atoms with E-state index in [-0.39, 0.29) is 87.3 Å². The Morgan fingerprint density at radius 2 is 2.03 bits per heavy atom. The van der Waals surface area contributed by atoms with Crippen LogP contribution in [-0.2, 0) is 28.8 Å². The molecular formula is C18H18N6Na2O8S3. The number of oxime groups is 1. The van der Waals surface area contributed by atoms with Gasteiger partial charge in [-0.2, -0.15) is 0 Å². The maximum atomic E-state index is 12.8. The molecule has 0 saturated carbocycles. The Labute approximate surface area is 267 Å². The maximum Gasteiger partial charge on any atom is 1.00 e. The summed E-state index contributed by atoms with van der Waals surface area (Å²) in [5.41, 5.74) is 4.87. The second-order valence-corrected chi connectivity index (χ2v) is 10.1. The number of nitrogen functional groups attached to an aromatic ring is 1. The summed E-state index contributed by atoms with van der Waals surface area (Å²) in [6, 6.07) is -1.09. The topological polar surface area (TPSA) is 219 Å². The van der Waals surface area contributed by atoms with Gasteiger partial charge in [-0.05, 0) is 0 Å². The fraction of sp³-hybridized carbons (Fsp3) is 0.389. The number of amides is 3. The number of carboxylic acids is 2. The molecular weight excluding hydrogens is 570 g/mol. The molecule has 188 valence electrons. The minimum Gasteiger partial charge on any atom is -0.546 e. The zero-order valence-electron chi connectivity index (χ0n) is 20.0. The minimum absolute atomic E-state index is 0. The Morgan fingerprint density at radius 1 is 1.32 bits per heavy atom. The molecule has 2 aliphatic heterocycles. The zero-order chi connectivity index (χ0) is 25.7. The monoisotopic (exact) mass is 588 g/mol. The Hall–Kier alpha value is -1.31. The van der Waals surface area contributed by atoms with Gasteiger partial charge in [-0.3, -0.25) is 19.3 Å². The number of carbonyl (C=O) groups is 5. The molecule has 2 atom stereocenters. The van der Waals surface area contributed by atoms with Crippen molar-refractivity contribution in [3.63, 3.8) is 0 Å². The van der Waals surface area contributed by atoms with Crippen LogP contribution in [-0.4, -0.2) is 81.3 Å². The summed E-state index contributed by atoms with van der Waals surface area (Å²) < 4.78 is 0. The zero-order valence-corrected chi connectivity index (χ0v) is 26.4. The van der Waals surface area contributed by atoms with E-state index in [4.69, 9.17) is 5.73 Å². The van der Waals surface area contributed by atoms with Crippen LogP contribution in [0.15, 0.2) is 21.1 Å². The Balaban J connectivity index is 0.00000342. The van der Waals surface area contributed by atoms with E-state index >= 15 is 0 Å².